The largest absolute Gasteiger partial charge is 0.344 e. The monoisotopic (exact) mass is 358 g/mol. The van der Waals surface area contributed by atoms with E-state index in [1.54, 1.807) is 11.9 Å². The third kappa shape index (κ3) is 3.79. The Morgan fingerprint density at radius 3 is 2.68 bits per heavy atom. The van der Waals surface area contributed by atoms with Crippen molar-refractivity contribution in [2.45, 2.75) is 33.2 Å². The smallest absolute Gasteiger partial charge is 0.229 e. The lowest BCUT2D eigenvalue weighted by Crippen LogP contribution is -2.27. The predicted molar refractivity (Wildman–Crippen MR) is 95.3 cm³/mol. The quantitative estimate of drug-likeness (QED) is 0.698. The van der Waals surface area contributed by atoms with Crippen LogP contribution in [0.15, 0.2) is 28.8 Å². The molecule has 0 saturated carbocycles. The number of amides is 1. The topological polar surface area (TPSA) is 72.1 Å². The number of rotatable bonds is 5. The molecule has 0 aliphatic rings. The van der Waals surface area contributed by atoms with Crippen LogP contribution in [-0.2, 0) is 17.8 Å². The lowest BCUT2D eigenvalue weighted by Gasteiger charge is -2.17. The van der Waals surface area contributed by atoms with E-state index in [9.17, 15) is 4.79 Å². The molecule has 3 rings (SSSR count). The first kappa shape index (κ1) is 17.4. The van der Waals surface area contributed by atoms with Crippen LogP contribution in [-0.4, -0.2) is 33.0 Å². The zero-order valence-corrected chi connectivity index (χ0v) is 15.2. The summed E-state index contributed by atoms with van der Waals surface area (Å²) in [6.45, 7) is 4.12. The van der Waals surface area contributed by atoms with Crippen molar-refractivity contribution in [2.75, 3.05) is 7.05 Å². The second-order valence-electron chi connectivity index (χ2n) is 6.01. The fourth-order valence-electron chi connectivity index (χ4n) is 2.73. The normalized spacial score (nSPS) is 11.0. The highest BCUT2D eigenvalue weighted by molar-refractivity contribution is 6.29. The van der Waals surface area contributed by atoms with Gasteiger partial charge in [-0.3, -0.25) is 4.79 Å². The van der Waals surface area contributed by atoms with E-state index in [0.29, 0.717) is 30.9 Å². The van der Waals surface area contributed by atoms with Gasteiger partial charge in [-0.15, -0.1) is 0 Å². The van der Waals surface area contributed by atoms with Gasteiger partial charge in [0.15, 0.2) is 0 Å². The third-order valence-corrected chi connectivity index (χ3v) is 4.47. The Bertz CT molecular complexity index is 903. The molecule has 6 nitrogen and oxygen atoms in total. The molecule has 0 spiro atoms. The van der Waals surface area contributed by atoms with Gasteiger partial charge in [-0.1, -0.05) is 23.4 Å². The molecule has 0 N–H and O–H groups in total. The van der Waals surface area contributed by atoms with Crippen LogP contribution in [0.3, 0.4) is 0 Å². The maximum absolute atomic E-state index is 12.4. The van der Waals surface area contributed by atoms with Gasteiger partial charge < -0.3 is 9.42 Å². The molecule has 0 unspecified atom stereocenters. The highest BCUT2D eigenvalue weighted by Crippen LogP contribution is 2.21. The number of hydrogen-bond donors (Lipinski definition) is 0. The summed E-state index contributed by atoms with van der Waals surface area (Å²) in [6, 6.07) is 7.85. The Morgan fingerprint density at radius 2 is 1.96 bits per heavy atom. The highest BCUT2D eigenvalue weighted by Gasteiger charge is 2.16. The van der Waals surface area contributed by atoms with Gasteiger partial charge in [-0.25, -0.2) is 9.97 Å². The zero-order chi connectivity index (χ0) is 18.0. The number of nitrogens with zero attached hydrogens (tertiary/aromatic N) is 4. The molecule has 0 aliphatic carbocycles. The number of carbonyl (C=O) groups is 1. The average Bonchev–Trinajstić information content (AvgIpc) is 2.91. The maximum atomic E-state index is 12.4. The third-order valence-electron chi connectivity index (χ3n) is 4.17. The number of carbonyl (C=O) groups excluding carboxylic acids is 1. The minimum Gasteiger partial charge on any atom is -0.344 e. The molecule has 3 aromatic rings. The lowest BCUT2D eigenvalue weighted by atomic mass is 10.1. The van der Waals surface area contributed by atoms with Crippen LogP contribution < -0.4 is 0 Å². The fraction of sp³-hybridized carbons (Fsp3) is 0.333. The van der Waals surface area contributed by atoms with Crippen LogP contribution in [0, 0.1) is 13.8 Å². The number of fused-ring (bicyclic) bond motifs is 1. The predicted octanol–water partition coefficient (Wildman–Crippen LogP) is 3.48. The van der Waals surface area contributed by atoms with Gasteiger partial charge in [0.1, 0.15) is 5.82 Å². The highest BCUT2D eigenvalue weighted by atomic mass is 35.5. The molecule has 130 valence electrons. The van der Waals surface area contributed by atoms with Crippen LogP contribution in [0.4, 0.5) is 0 Å². The van der Waals surface area contributed by atoms with Gasteiger partial charge in [-0.2, -0.15) is 0 Å². The summed E-state index contributed by atoms with van der Waals surface area (Å²) in [5, 5.41) is 5.07. The van der Waals surface area contributed by atoms with Gasteiger partial charge >= 0.3 is 0 Å². The Labute approximate surface area is 150 Å². The van der Waals surface area contributed by atoms with E-state index >= 15 is 0 Å². The standard InChI is InChI=1S/C18H19ClN4O2/c1-11-13-6-4-5-7-15(13)21-16(20-11)10-23(3)17(24)9-8-14-12(2)22-25-18(14)19/h4-7H,8-10H2,1-3H3. The van der Waals surface area contributed by atoms with Gasteiger partial charge in [-0.05, 0) is 37.9 Å². The van der Waals surface area contributed by atoms with Crippen molar-refractivity contribution in [3.63, 3.8) is 0 Å². The minimum atomic E-state index is -0.00826. The summed E-state index contributed by atoms with van der Waals surface area (Å²) < 4.78 is 4.91. The van der Waals surface area contributed by atoms with Gasteiger partial charge in [0.25, 0.3) is 0 Å². The second-order valence-corrected chi connectivity index (χ2v) is 6.36. The van der Waals surface area contributed by atoms with Crippen molar-refractivity contribution < 1.29 is 9.32 Å². The Balaban J connectivity index is 1.67. The van der Waals surface area contributed by atoms with Crippen LogP contribution in [0.1, 0.15) is 29.2 Å². The summed E-state index contributed by atoms with van der Waals surface area (Å²) in [4.78, 5) is 23.1. The Hall–Kier alpha value is -2.47. The number of halogens is 1. The van der Waals surface area contributed by atoms with E-state index < -0.39 is 0 Å². The van der Waals surface area contributed by atoms with E-state index in [4.69, 9.17) is 16.1 Å². The van der Waals surface area contributed by atoms with Crippen molar-refractivity contribution in [1.82, 2.24) is 20.0 Å². The molecule has 0 fully saturated rings. The van der Waals surface area contributed by atoms with Crippen LogP contribution in [0.2, 0.25) is 5.22 Å². The number of para-hydroxylation sites is 1. The van der Waals surface area contributed by atoms with E-state index in [1.807, 2.05) is 38.1 Å². The average molecular weight is 359 g/mol. The Kier molecular flexibility index (Phi) is 4.99. The van der Waals surface area contributed by atoms with Crippen LogP contribution in [0.5, 0.6) is 0 Å². The molecule has 0 saturated heterocycles. The molecule has 0 bridgehead atoms. The molecular formula is C18H19ClN4O2. The molecule has 1 aromatic carbocycles. The van der Waals surface area contributed by atoms with Crippen LogP contribution >= 0.6 is 11.6 Å². The molecule has 25 heavy (non-hydrogen) atoms. The number of benzene rings is 1. The Morgan fingerprint density at radius 1 is 1.20 bits per heavy atom. The molecule has 2 heterocycles. The summed E-state index contributed by atoms with van der Waals surface area (Å²) in [5.41, 5.74) is 3.29. The molecule has 1 amide bonds. The fourth-order valence-corrected chi connectivity index (χ4v) is 2.99. The van der Waals surface area contributed by atoms with E-state index in [2.05, 4.69) is 15.1 Å². The van der Waals surface area contributed by atoms with E-state index in [0.717, 1.165) is 22.2 Å². The second kappa shape index (κ2) is 7.19. The number of aromatic nitrogens is 3. The summed E-state index contributed by atoms with van der Waals surface area (Å²) in [7, 11) is 1.75. The minimum absolute atomic E-state index is 0.00826. The van der Waals surface area contributed by atoms with Crippen LogP contribution in [0.25, 0.3) is 10.9 Å². The van der Waals surface area contributed by atoms with Crippen molar-refractivity contribution in [3.8, 4) is 0 Å². The number of aryl methyl sites for hydroxylation is 2. The van der Waals surface area contributed by atoms with Gasteiger partial charge in [0, 0.05) is 30.1 Å². The summed E-state index contributed by atoms with van der Waals surface area (Å²) in [5.74, 6) is 0.623. The summed E-state index contributed by atoms with van der Waals surface area (Å²) >= 11 is 5.94. The van der Waals surface area contributed by atoms with E-state index in [-0.39, 0.29) is 11.1 Å². The molecule has 0 atom stereocenters. The van der Waals surface area contributed by atoms with Crippen molar-refractivity contribution in [2.24, 2.45) is 0 Å². The van der Waals surface area contributed by atoms with Crippen molar-refractivity contribution in [3.05, 3.63) is 52.3 Å². The maximum Gasteiger partial charge on any atom is 0.229 e. The van der Waals surface area contributed by atoms with Crippen molar-refractivity contribution >= 4 is 28.4 Å². The molecular weight excluding hydrogens is 340 g/mol. The first-order valence-corrected chi connectivity index (χ1v) is 8.40. The number of hydrogen-bond acceptors (Lipinski definition) is 5. The molecule has 0 aliphatic heterocycles. The molecule has 0 radical (unpaired) electrons. The SMILES string of the molecule is Cc1noc(Cl)c1CCC(=O)N(C)Cc1nc(C)c2ccccc2n1. The first-order chi connectivity index (χ1) is 12.0. The zero-order valence-electron chi connectivity index (χ0n) is 14.4. The first-order valence-electron chi connectivity index (χ1n) is 8.02. The summed E-state index contributed by atoms with van der Waals surface area (Å²) in [6.07, 6.45) is 0.819. The lowest BCUT2D eigenvalue weighted by molar-refractivity contribution is -0.130. The van der Waals surface area contributed by atoms with Gasteiger partial charge in [0.2, 0.25) is 11.1 Å². The molecule has 7 heteroatoms. The van der Waals surface area contributed by atoms with Crippen molar-refractivity contribution in [1.29, 1.82) is 0 Å². The van der Waals surface area contributed by atoms with Gasteiger partial charge in [0.05, 0.1) is 17.8 Å². The molecule has 2 aromatic heterocycles. The van der Waals surface area contributed by atoms with E-state index in [1.165, 1.54) is 0 Å².